The van der Waals surface area contributed by atoms with Crippen molar-refractivity contribution < 1.29 is 4.79 Å². The van der Waals surface area contributed by atoms with E-state index in [1.165, 1.54) is 23.6 Å². The van der Waals surface area contributed by atoms with Crippen LogP contribution in [0, 0.1) is 20.8 Å². The van der Waals surface area contributed by atoms with Crippen LogP contribution in [-0.4, -0.2) is 22.3 Å². The minimum atomic E-state index is 0.0580. The quantitative estimate of drug-likeness (QED) is 0.926. The highest BCUT2D eigenvalue weighted by Crippen LogP contribution is 2.25. The van der Waals surface area contributed by atoms with Crippen LogP contribution < -0.4 is 5.32 Å². The Labute approximate surface area is 119 Å². The van der Waals surface area contributed by atoms with Gasteiger partial charge in [0, 0.05) is 18.0 Å². The number of carbonyl (C=O) groups excluding carboxylic acids is 1. The van der Waals surface area contributed by atoms with Gasteiger partial charge < -0.3 is 5.32 Å². The highest BCUT2D eigenvalue weighted by atomic mass is 16.1. The molecule has 0 saturated carbocycles. The molecule has 4 heteroatoms. The average Bonchev–Trinajstić information content (AvgIpc) is 2.41. The number of aromatic nitrogens is 2. The lowest BCUT2D eigenvalue weighted by Gasteiger charge is -2.10. The first kappa shape index (κ1) is 14.2. The van der Waals surface area contributed by atoms with E-state index < -0.39 is 0 Å². The number of Topliss-reactive ketones (excluding diaryl/α,β-unsaturated/α-hetero) is 1. The Hall–Kier alpha value is -2.23. The van der Waals surface area contributed by atoms with Gasteiger partial charge in [-0.05, 0) is 49.9 Å². The second-order valence-electron chi connectivity index (χ2n) is 5.10. The topological polar surface area (TPSA) is 54.9 Å². The number of benzene rings is 1. The molecule has 0 aliphatic carbocycles. The number of nitrogens with one attached hydrogen (secondary N) is 1. The van der Waals surface area contributed by atoms with Gasteiger partial charge in [-0.25, -0.2) is 9.97 Å². The van der Waals surface area contributed by atoms with Crippen LogP contribution in [0.1, 0.15) is 23.6 Å². The van der Waals surface area contributed by atoms with Crippen molar-refractivity contribution in [3.05, 3.63) is 41.2 Å². The van der Waals surface area contributed by atoms with Gasteiger partial charge in [-0.1, -0.05) is 12.1 Å². The van der Waals surface area contributed by atoms with Crippen LogP contribution in [0.15, 0.2) is 24.5 Å². The number of rotatable bonds is 4. The van der Waals surface area contributed by atoms with E-state index in [0.29, 0.717) is 5.95 Å². The van der Waals surface area contributed by atoms with Crippen molar-refractivity contribution in [3.8, 4) is 11.1 Å². The molecule has 0 aliphatic rings. The van der Waals surface area contributed by atoms with Crippen molar-refractivity contribution in [3.63, 3.8) is 0 Å². The normalized spacial score (nSPS) is 10.4. The number of ketones is 1. The summed E-state index contributed by atoms with van der Waals surface area (Å²) in [5, 5.41) is 2.89. The Morgan fingerprint density at radius 3 is 2.25 bits per heavy atom. The summed E-state index contributed by atoms with van der Waals surface area (Å²) >= 11 is 0. The third kappa shape index (κ3) is 3.20. The summed E-state index contributed by atoms with van der Waals surface area (Å²) in [7, 11) is 0. The van der Waals surface area contributed by atoms with Crippen molar-refractivity contribution >= 4 is 11.7 Å². The summed E-state index contributed by atoms with van der Waals surface area (Å²) in [4.78, 5) is 19.4. The van der Waals surface area contributed by atoms with Crippen LogP contribution in [0.2, 0.25) is 0 Å². The summed E-state index contributed by atoms with van der Waals surface area (Å²) in [6.45, 7) is 8.07. The molecule has 1 aromatic carbocycles. The molecule has 1 heterocycles. The molecule has 0 amide bonds. The maximum absolute atomic E-state index is 10.9. The molecule has 2 rings (SSSR count). The molecule has 104 valence electrons. The fraction of sp³-hybridized carbons (Fsp3) is 0.312. The van der Waals surface area contributed by atoms with Crippen molar-refractivity contribution in [2.75, 3.05) is 11.9 Å². The number of aryl methyl sites for hydroxylation is 3. The number of nitrogens with zero attached hydrogens (tertiary/aromatic N) is 2. The first-order valence-electron chi connectivity index (χ1n) is 6.61. The second-order valence-corrected chi connectivity index (χ2v) is 5.10. The monoisotopic (exact) mass is 269 g/mol. The molecule has 1 N–H and O–H groups in total. The Morgan fingerprint density at radius 2 is 1.65 bits per heavy atom. The smallest absolute Gasteiger partial charge is 0.222 e. The lowest BCUT2D eigenvalue weighted by Crippen LogP contribution is -2.11. The maximum atomic E-state index is 10.9. The van der Waals surface area contributed by atoms with E-state index in [2.05, 4.69) is 48.2 Å². The highest BCUT2D eigenvalue weighted by molar-refractivity contribution is 5.79. The maximum Gasteiger partial charge on any atom is 0.222 e. The van der Waals surface area contributed by atoms with Gasteiger partial charge in [0.1, 0.15) is 5.78 Å². The van der Waals surface area contributed by atoms with Crippen LogP contribution >= 0.6 is 0 Å². The summed E-state index contributed by atoms with van der Waals surface area (Å²) in [6.07, 6.45) is 3.57. The summed E-state index contributed by atoms with van der Waals surface area (Å²) < 4.78 is 0. The fourth-order valence-corrected chi connectivity index (χ4v) is 2.03. The van der Waals surface area contributed by atoms with Gasteiger partial charge in [0.2, 0.25) is 5.95 Å². The Kier molecular flexibility index (Phi) is 4.13. The van der Waals surface area contributed by atoms with Crippen molar-refractivity contribution in [1.29, 1.82) is 0 Å². The zero-order valence-electron chi connectivity index (χ0n) is 12.3. The van der Waals surface area contributed by atoms with Gasteiger partial charge in [0.25, 0.3) is 0 Å². The minimum absolute atomic E-state index is 0.0580. The summed E-state index contributed by atoms with van der Waals surface area (Å²) in [5.41, 5.74) is 5.88. The molecular weight excluding hydrogens is 250 g/mol. The molecule has 0 atom stereocenters. The lowest BCUT2D eigenvalue weighted by molar-refractivity contribution is -0.115. The van der Waals surface area contributed by atoms with Crippen LogP contribution in [-0.2, 0) is 4.79 Å². The first-order chi connectivity index (χ1) is 9.47. The van der Waals surface area contributed by atoms with Crippen LogP contribution in [0.4, 0.5) is 5.95 Å². The van der Waals surface area contributed by atoms with E-state index in [9.17, 15) is 4.79 Å². The molecule has 20 heavy (non-hydrogen) atoms. The molecule has 0 spiro atoms. The lowest BCUT2D eigenvalue weighted by atomic mass is 9.97. The molecule has 0 radical (unpaired) electrons. The van der Waals surface area contributed by atoms with Gasteiger partial charge >= 0.3 is 0 Å². The van der Waals surface area contributed by atoms with Gasteiger partial charge in [-0.3, -0.25) is 4.79 Å². The zero-order valence-corrected chi connectivity index (χ0v) is 12.3. The zero-order chi connectivity index (χ0) is 14.7. The number of anilines is 1. The molecule has 1 aromatic heterocycles. The number of hydrogen-bond donors (Lipinski definition) is 1. The van der Waals surface area contributed by atoms with E-state index >= 15 is 0 Å². The Balaban J connectivity index is 2.26. The number of carbonyl (C=O) groups is 1. The highest BCUT2D eigenvalue weighted by Gasteiger charge is 2.06. The van der Waals surface area contributed by atoms with E-state index in [-0.39, 0.29) is 12.3 Å². The van der Waals surface area contributed by atoms with Crippen molar-refractivity contribution in [2.24, 2.45) is 0 Å². The van der Waals surface area contributed by atoms with E-state index in [1.54, 1.807) is 12.4 Å². The predicted octanol–water partition coefficient (Wildman–Crippen LogP) is 3.07. The Bertz CT molecular complexity index is 633. The molecule has 4 nitrogen and oxygen atoms in total. The Morgan fingerprint density at radius 1 is 1.05 bits per heavy atom. The SMILES string of the molecule is CC(=O)CNc1ncc(-c2cc(C)c(C)cc2C)cn1. The van der Waals surface area contributed by atoms with Gasteiger partial charge in [-0.2, -0.15) is 0 Å². The molecule has 0 fully saturated rings. The van der Waals surface area contributed by atoms with Crippen molar-refractivity contribution in [2.45, 2.75) is 27.7 Å². The second kappa shape index (κ2) is 5.82. The third-order valence-electron chi connectivity index (χ3n) is 3.30. The molecule has 0 unspecified atom stereocenters. The molecule has 2 aromatic rings. The molecular formula is C16H19N3O. The van der Waals surface area contributed by atoms with Crippen LogP contribution in [0.25, 0.3) is 11.1 Å². The molecule has 0 saturated heterocycles. The summed E-state index contributed by atoms with van der Waals surface area (Å²) in [5.74, 6) is 0.535. The third-order valence-corrected chi connectivity index (χ3v) is 3.30. The molecule has 0 bridgehead atoms. The van der Waals surface area contributed by atoms with Gasteiger partial charge in [0.15, 0.2) is 0 Å². The summed E-state index contributed by atoms with van der Waals surface area (Å²) in [6, 6.07) is 4.33. The van der Waals surface area contributed by atoms with Crippen LogP contribution in [0.3, 0.4) is 0 Å². The van der Waals surface area contributed by atoms with E-state index in [4.69, 9.17) is 0 Å². The van der Waals surface area contributed by atoms with E-state index in [1.807, 2.05) is 0 Å². The molecule has 0 aliphatic heterocycles. The largest absolute Gasteiger partial charge is 0.347 e. The van der Waals surface area contributed by atoms with Gasteiger partial charge in [0.05, 0.1) is 6.54 Å². The van der Waals surface area contributed by atoms with Crippen LogP contribution in [0.5, 0.6) is 0 Å². The van der Waals surface area contributed by atoms with Crippen molar-refractivity contribution in [1.82, 2.24) is 9.97 Å². The van der Waals surface area contributed by atoms with Gasteiger partial charge in [-0.15, -0.1) is 0 Å². The minimum Gasteiger partial charge on any atom is -0.347 e. The predicted molar refractivity (Wildman–Crippen MR) is 80.8 cm³/mol. The first-order valence-corrected chi connectivity index (χ1v) is 6.61. The fourth-order valence-electron chi connectivity index (χ4n) is 2.03. The average molecular weight is 269 g/mol. The standard InChI is InChI=1S/C16H19N3O/c1-10-5-12(3)15(6-11(10)2)14-8-18-16(19-9-14)17-7-13(4)20/h5-6,8-9H,7H2,1-4H3,(H,17,18,19). The number of hydrogen-bond acceptors (Lipinski definition) is 4. The van der Waals surface area contributed by atoms with E-state index in [0.717, 1.165) is 11.1 Å².